The molecule has 26 heavy (non-hydrogen) atoms. The van der Waals surface area contributed by atoms with Crippen molar-refractivity contribution in [3.63, 3.8) is 0 Å². The van der Waals surface area contributed by atoms with Crippen LogP contribution in [-0.4, -0.2) is 59.3 Å². The molecule has 0 unspecified atom stereocenters. The standard InChI is InChI=1S/C22H34N2O2/c1-9-15-16(10-2)18(20-24(8)22(5,6)14-26-20)12-11-17(15)19-23(7)21(3,4)13-25-19/h11-12H,9-10,13-14H2,1-8H3/q+2. The van der Waals surface area contributed by atoms with E-state index in [4.69, 9.17) is 9.47 Å². The van der Waals surface area contributed by atoms with Gasteiger partial charge in [-0.2, -0.15) is 9.15 Å². The molecule has 0 saturated heterocycles. The molecule has 0 fully saturated rings. The van der Waals surface area contributed by atoms with Gasteiger partial charge in [0.15, 0.2) is 24.3 Å². The first-order valence-corrected chi connectivity index (χ1v) is 9.76. The molecule has 3 rings (SSSR count). The van der Waals surface area contributed by atoms with E-state index in [9.17, 15) is 0 Å². The Balaban J connectivity index is 2.19. The summed E-state index contributed by atoms with van der Waals surface area (Å²) in [6, 6.07) is 4.44. The van der Waals surface area contributed by atoms with E-state index in [-0.39, 0.29) is 11.1 Å². The first-order chi connectivity index (χ1) is 12.1. The van der Waals surface area contributed by atoms with Crippen LogP contribution in [0.4, 0.5) is 0 Å². The highest BCUT2D eigenvalue weighted by molar-refractivity contribution is 5.98. The van der Waals surface area contributed by atoms with E-state index >= 15 is 0 Å². The van der Waals surface area contributed by atoms with Gasteiger partial charge in [-0.3, -0.25) is 0 Å². The number of likely N-dealkylation sites (N-methyl/N-ethyl adjacent to an activating group) is 2. The van der Waals surface area contributed by atoms with Gasteiger partial charge < -0.3 is 9.47 Å². The van der Waals surface area contributed by atoms with Gasteiger partial charge in [0.2, 0.25) is 0 Å². The molecule has 0 bridgehead atoms. The van der Waals surface area contributed by atoms with Crippen LogP contribution in [-0.2, 0) is 22.3 Å². The fourth-order valence-corrected chi connectivity index (χ4v) is 3.85. The molecule has 1 aromatic carbocycles. The van der Waals surface area contributed by atoms with Crippen molar-refractivity contribution in [1.29, 1.82) is 0 Å². The monoisotopic (exact) mass is 358 g/mol. The molecule has 4 nitrogen and oxygen atoms in total. The minimum atomic E-state index is 0.0267. The lowest BCUT2D eigenvalue weighted by atomic mass is 9.91. The molecule has 0 radical (unpaired) electrons. The molecule has 0 atom stereocenters. The van der Waals surface area contributed by atoms with Gasteiger partial charge in [-0.1, -0.05) is 13.8 Å². The topological polar surface area (TPSA) is 24.5 Å². The predicted octanol–water partition coefficient (Wildman–Crippen LogP) is 3.21. The zero-order valence-electron chi connectivity index (χ0n) is 17.7. The molecule has 0 aromatic heterocycles. The quantitative estimate of drug-likeness (QED) is 0.772. The normalized spacial score (nSPS) is 21.2. The van der Waals surface area contributed by atoms with Gasteiger partial charge in [0.25, 0.3) is 0 Å². The summed E-state index contributed by atoms with van der Waals surface area (Å²) in [5.74, 6) is 2.00. The summed E-state index contributed by atoms with van der Waals surface area (Å²) in [4.78, 5) is 0. The average Bonchev–Trinajstić information content (AvgIpc) is 3.02. The number of ether oxygens (including phenoxy) is 2. The smallest absolute Gasteiger partial charge is 0.370 e. The Kier molecular flexibility index (Phi) is 4.66. The van der Waals surface area contributed by atoms with Crippen LogP contribution in [0.25, 0.3) is 0 Å². The Morgan fingerprint density at radius 3 is 1.35 bits per heavy atom. The summed E-state index contributed by atoms with van der Waals surface area (Å²) in [5.41, 5.74) is 5.25. The molecule has 2 heterocycles. The predicted molar refractivity (Wildman–Crippen MR) is 106 cm³/mol. The van der Waals surface area contributed by atoms with Crippen molar-refractivity contribution in [2.75, 3.05) is 27.3 Å². The number of nitrogens with zero attached hydrogens (tertiary/aromatic N) is 2. The minimum Gasteiger partial charge on any atom is -0.437 e. The molecule has 2 aliphatic rings. The molecular weight excluding hydrogens is 324 g/mol. The first-order valence-electron chi connectivity index (χ1n) is 9.76. The van der Waals surface area contributed by atoms with E-state index in [1.54, 1.807) is 0 Å². The highest BCUT2D eigenvalue weighted by Gasteiger charge is 2.43. The highest BCUT2D eigenvalue weighted by Crippen LogP contribution is 2.29. The highest BCUT2D eigenvalue weighted by atomic mass is 16.5. The maximum Gasteiger partial charge on any atom is 0.370 e. The summed E-state index contributed by atoms with van der Waals surface area (Å²) in [5, 5.41) is 0. The molecule has 1 aromatic rings. The van der Waals surface area contributed by atoms with E-state index in [1.165, 1.54) is 22.3 Å². The second-order valence-electron chi connectivity index (χ2n) is 8.76. The van der Waals surface area contributed by atoms with Gasteiger partial charge >= 0.3 is 11.8 Å². The summed E-state index contributed by atoms with van der Waals surface area (Å²) in [6.45, 7) is 14.8. The Hall–Kier alpha value is -1.84. The first kappa shape index (κ1) is 18.9. The fourth-order valence-electron chi connectivity index (χ4n) is 3.85. The third kappa shape index (κ3) is 2.83. The fraction of sp³-hybridized carbons (Fsp3) is 0.636. The van der Waals surface area contributed by atoms with E-state index in [2.05, 4.69) is 76.9 Å². The summed E-state index contributed by atoms with van der Waals surface area (Å²) in [7, 11) is 4.26. The maximum absolute atomic E-state index is 6.12. The minimum absolute atomic E-state index is 0.0267. The molecule has 4 heteroatoms. The zero-order valence-corrected chi connectivity index (χ0v) is 17.7. The van der Waals surface area contributed by atoms with Crippen LogP contribution in [0.1, 0.15) is 63.8 Å². The number of hydrogen-bond acceptors (Lipinski definition) is 2. The second kappa shape index (κ2) is 6.40. The van der Waals surface area contributed by atoms with Crippen molar-refractivity contribution in [3.8, 4) is 0 Å². The number of benzene rings is 1. The molecule has 0 N–H and O–H groups in total. The average molecular weight is 359 g/mol. The summed E-state index contributed by atoms with van der Waals surface area (Å²) in [6.07, 6.45) is 1.96. The van der Waals surface area contributed by atoms with Crippen LogP contribution < -0.4 is 0 Å². The lowest BCUT2D eigenvalue weighted by Crippen LogP contribution is -2.34. The van der Waals surface area contributed by atoms with Crippen molar-refractivity contribution in [1.82, 2.24) is 0 Å². The van der Waals surface area contributed by atoms with Gasteiger partial charge in [0.1, 0.15) is 14.1 Å². The van der Waals surface area contributed by atoms with Gasteiger partial charge in [0, 0.05) is 27.7 Å². The third-order valence-electron chi connectivity index (χ3n) is 6.15. The lowest BCUT2D eigenvalue weighted by Gasteiger charge is -2.15. The largest absolute Gasteiger partial charge is 0.437 e. The Morgan fingerprint density at radius 1 is 0.769 bits per heavy atom. The number of hydrogen-bond donors (Lipinski definition) is 0. The SMILES string of the molecule is CCc1c(C2=[N+](C)C(C)(C)CO2)ccc(C2=[N+](C)C(C)(C)CO2)c1CC. The molecular formula is C22H34N2O2+2. The van der Waals surface area contributed by atoms with Crippen molar-refractivity contribution < 1.29 is 18.6 Å². The van der Waals surface area contributed by atoms with Gasteiger partial charge in [0.05, 0.1) is 11.1 Å². The maximum atomic E-state index is 6.12. The molecule has 0 spiro atoms. The van der Waals surface area contributed by atoms with Gasteiger partial charge in [-0.15, -0.1) is 0 Å². The lowest BCUT2D eigenvalue weighted by molar-refractivity contribution is -0.562. The van der Waals surface area contributed by atoms with E-state index in [1.807, 2.05) is 0 Å². The van der Waals surface area contributed by atoms with Crippen LogP contribution in [0.15, 0.2) is 12.1 Å². The molecule has 2 aliphatic heterocycles. The summed E-state index contributed by atoms with van der Waals surface area (Å²) < 4.78 is 16.8. The van der Waals surface area contributed by atoms with Crippen molar-refractivity contribution in [2.45, 2.75) is 65.5 Å². The molecule has 0 amide bonds. The Labute approximate surface area is 158 Å². The van der Waals surface area contributed by atoms with Crippen LogP contribution in [0, 0.1) is 0 Å². The van der Waals surface area contributed by atoms with Gasteiger partial charge in [-0.25, -0.2) is 0 Å². The van der Waals surface area contributed by atoms with Crippen LogP contribution >= 0.6 is 0 Å². The molecule has 142 valence electrons. The van der Waals surface area contributed by atoms with Crippen LogP contribution in [0.3, 0.4) is 0 Å². The second-order valence-corrected chi connectivity index (χ2v) is 8.76. The molecule has 0 saturated carbocycles. The van der Waals surface area contributed by atoms with Crippen LogP contribution in [0.2, 0.25) is 0 Å². The van der Waals surface area contributed by atoms with Crippen molar-refractivity contribution >= 4 is 11.8 Å². The number of rotatable bonds is 4. The van der Waals surface area contributed by atoms with E-state index in [0.29, 0.717) is 0 Å². The van der Waals surface area contributed by atoms with Crippen LogP contribution in [0.5, 0.6) is 0 Å². The zero-order chi connectivity index (χ0) is 19.3. The van der Waals surface area contributed by atoms with Crippen molar-refractivity contribution in [3.05, 3.63) is 34.4 Å². The van der Waals surface area contributed by atoms with Crippen molar-refractivity contribution in [2.24, 2.45) is 0 Å². The Morgan fingerprint density at radius 2 is 1.12 bits per heavy atom. The third-order valence-corrected chi connectivity index (χ3v) is 6.15. The van der Waals surface area contributed by atoms with E-state index < -0.39 is 0 Å². The summed E-state index contributed by atoms with van der Waals surface area (Å²) >= 11 is 0. The van der Waals surface area contributed by atoms with E-state index in [0.717, 1.165) is 37.9 Å². The molecule has 0 aliphatic carbocycles. The van der Waals surface area contributed by atoms with Gasteiger partial charge in [-0.05, 0) is 36.1 Å². The Bertz CT molecular complexity index is 734.